The highest BCUT2D eigenvalue weighted by Crippen LogP contribution is 2.14. The van der Waals surface area contributed by atoms with Crippen LogP contribution in [-0.2, 0) is 0 Å². The third-order valence-electron chi connectivity index (χ3n) is 3.35. The molecule has 0 spiro atoms. The van der Waals surface area contributed by atoms with Crippen molar-refractivity contribution in [3.63, 3.8) is 0 Å². The molecule has 1 aliphatic heterocycles. The molecule has 1 aromatic rings. The maximum Gasteiger partial charge on any atom is 0.224 e. The number of nitrogens with zero attached hydrogens (tertiary/aromatic N) is 3. The molecule has 5 nitrogen and oxygen atoms in total. The van der Waals surface area contributed by atoms with Crippen LogP contribution in [0, 0.1) is 11.7 Å². The zero-order valence-corrected chi connectivity index (χ0v) is 11.6. The lowest BCUT2D eigenvalue weighted by molar-refractivity contribution is 0.294. The lowest BCUT2D eigenvalue weighted by Gasteiger charge is -2.20. The minimum absolute atomic E-state index is 0.271. The van der Waals surface area contributed by atoms with E-state index in [-0.39, 0.29) is 5.82 Å². The Kier molecular flexibility index (Phi) is 4.90. The Hall–Kier alpha value is -1.43. The Labute approximate surface area is 113 Å². The Morgan fingerprint density at radius 1 is 1.42 bits per heavy atom. The van der Waals surface area contributed by atoms with Crippen molar-refractivity contribution in [2.24, 2.45) is 5.92 Å². The number of hydrogen-bond donors (Lipinski definition) is 2. The minimum Gasteiger partial charge on any atom is -0.367 e. The summed E-state index contributed by atoms with van der Waals surface area (Å²) < 4.78 is 13.5. The molecule has 1 atom stereocenters. The highest BCUT2D eigenvalue weighted by atomic mass is 19.1. The van der Waals surface area contributed by atoms with Crippen molar-refractivity contribution in [1.29, 1.82) is 0 Å². The van der Waals surface area contributed by atoms with E-state index in [9.17, 15) is 4.39 Å². The summed E-state index contributed by atoms with van der Waals surface area (Å²) in [6, 6.07) is 0. The van der Waals surface area contributed by atoms with E-state index in [0.29, 0.717) is 18.4 Å². The van der Waals surface area contributed by atoms with E-state index in [1.165, 1.54) is 32.1 Å². The second kappa shape index (κ2) is 6.65. The molecule has 0 aliphatic carbocycles. The van der Waals surface area contributed by atoms with Crippen molar-refractivity contribution >= 4 is 11.8 Å². The predicted molar refractivity (Wildman–Crippen MR) is 74.9 cm³/mol. The van der Waals surface area contributed by atoms with Gasteiger partial charge in [-0.1, -0.05) is 6.92 Å². The maximum absolute atomic E-state index is 13.5. The molecule has 0 aromatic carbocycles. The van der Waals surface area contributed by atoms with Gasteiger partial charge in [0.05, 0.1) is 6.20 Å². The normalized spacial score (nSPS) is 17.4. The van der Waals surface area contributed by atoms with E-state index in [4.69, 9.17) is 0 Å². The molecule has 1 aliphatic rings. The van der Waals surface area contributed by atoms with Crippen LogP contribution in [0.1, 0.15) is 19.8 Å². The number of nitrogens with one attached hydrogen (secondary N) is 2. The highest BCUT2D eigenvalue weighted by Gasteiger charge is 2.15. The van der Waals surface area contributed by atoms with Crippen LogP contribution >= 0.6 is 0 Å². The van der Waals surface area contributed by atoms with Crippen LogP contribution in [0.2, 0.25) is 0 Å². The first-order valence-electron chi connectivity index (χ1n) is 6.85. The van der Waals surface area contributed by atoms with Crippen molar-refractivity contribution in [2.45, 2.75) is 19.8 Å². The summed E-state index contributed by atoms with van der Waals surface area (Å²) in [6.45, 7) is 6.32. The molecule has 106 valence electrons. The number of hydrogen-bond acceptors (Lipinski definition) is 5. The zero-order valence-electron chi connectivity index (χ0n) is 11.6. The van der Waals surface area contributed by atoms with Gasteiger partial charge in [0.1, 0.15) is 0 Å². The molecule has 1 unspecified atom stereocenters. The maximum atomic E-state index is 13.5. The van der Waals surface area contributed by atoms with Gasteiger partial charge in [-0.3, -0.25) is 0 Å². The number of anilines is 2. The molecule has 2 N–H and O–H groups in total. The average Bonchev–Trinajstić information content (AvgIpc) is 2.90. The largest absolute Gasteiger partial charge is 0.367 e. The van der Waals surface area contributed by atoms with E-state index < -0.39 is 5.82 Å². The van der Waals surface area contributed by atoms with Gasteiger partial charge in [0.15, 0.2) is 11.6 Å². The molecule has 1 aromatic heterocycles. The van der Waals surface area contributed by atoms with Crippen LogP contribution < -0.4 is 10.6 Å². The summed E-state index contributed by atoms with van der Waals surface area (Å²) in [5.41, 5.74) is 0. The van der Waals surface area contributed by atoms with Crippen molar-refractivity contribution in [1.82, 2.24) is 14.9 Å². The predicted octanol–water partition coefficient (Wildman–Crippen LogP) is 1.80. The monoisotopic (exact) mass is 267 g/mol. The van der Waals surface area contributed by atoms with Crippen LogP contribution in [0.3, 0.4) is 0 Å². The smallest absolute Gasteiger partial charge is 0.224 e. The minimum atomic E-state index is -0.410. The number of rotatable bonds is 6. The second-order valence-electron chi connectivity index (χ2n) is 5.13. The molecule has 1 fully saturated rings. The summed E-state index contributed by atoms with van der Waals surface area (Å²) in [7, 11) is 1.72. The van der Waals surface area contributed by atoms with E-state index >= 15 is 0 Å². The molecule has 1 saturated heterocycles. The lowest BCUT2D eigenvalue weighted by atomic mass is 10.1. The molecule has 0 saturated carbocycles. The highest BCUT2D eigenvalue weighted by molar-refractivity contribution is 5.40. The molecular weight excluding hydrogens is 245 g/mol. The number of aromatic nitrogens is 2. The standard InChI is InChI=1S/C13H22FN5/c1-10(9-19-5-3-4-6-19)7-16-12-11(14)8-17-13(15-2)18-12/h8,10H,3-7,9H2,1-2H3,(H2,15,16,17,18). The Morgan fingerprint density at radius 2 is 2.16 bits per heavy atom. The quantitative estimate of drug-likeness (QED) is 0.823. The summed E-state index contributed by atoms with van der Waals surface area (Å²) in [5, 5.41) is 5.87. The van der Waals surface area contributed by atoms with Gasteiger partial charge in [-0.25, -0.2) is 9.37 Å². The lowest BCUT2D eigenvalue weighted by Crippen LogP contribution is -2.29. The fourth-order valence-electron chi connectivity index (χ4n) is 2.35. The van der Waals surface area contributed by atoms with Gasteiger partial charge in [-0.05, 0) is 31.8 Å². The van der Waals surface area contributed by atoms with E-state index in [1.807, 2.05) is 0 Å². The van der Waals surface area contributed by atoms with Gasteiger partial charge in [0.2, 0.25) is 5.95 Å². The van der Waals surface area contributed by atoms with Crippen molar-refractivity contribution < 1.29 is 4.39 Å². The third-order valence-corrected chi connectivity index (χ3v) is 3.35. The number of halogens is 1. The van der Waals surface area contributed by atoms with Crippen LogP contribution in [0.4, 0.5) is 16.2 Å². The van der Waals surface area contributed by atoms with Gasteiger partial charge in [0.25, 0.3) is 0 Å². The zero-order chi connectivity index (χ0) is 13.7. The molecule has 0 radical (unpaired) electrons. The van der Waals surface area contributed by atoms with Crippen LogP contribution in [0.25, 0.3) is 0 Å². The average molecular weight is 267 g/mol. The molecule has 6 heteroatoms. The van der Waals surface area contributed by atoms with Gasteiger partial charge < -0.3 is 15.5 Å². The third kappa shape index (κ3) is 4.02. The van der Waals surface area contributed by atoms with Gasteiger partial charge in [-0.15, -0.1) is 0 Å². The first-order valence-corrected chi connectivity index (χ1v) is 6.85. The van der Waals surface area contributed by atoms with Gasteiger partial charge >= 0.3 is 0 Å². The molecule has 19 heavy (non-hydrogen) atoms. The second-order valence-corrected chi connectivity index (χ2v) is 5.13. The molecule has 0 amide bonds. The summed E-state index contributed by atoms with van der Waals surface area (Å²) >= 11 is 0. The van der Waals surface area contributed by atoms with E-state index in [2.05, 4.69) is 32.4 Å². The summed E-state index contributed by atoms with van der Waals surface area (Å²) in [5.74, 6) is 0.751. The van der Waals surface area contributed by atoms with E-state index in [1.54, 1.807) is 7.05 Å². The van der Waals surface area contributed by atoms with E-state index in [0.717, 1.165) is 6.54 Å². The first-order chi connectivity index (χ1) is 9.19. The summed E-state index contributed by atoms with van der Waals surface area (Å²) in [6.07, 6.45) is 3.78. The SMILES string of the molecule is CNc1ncc(F)c(NCC(C)CN2CCCC2)n1. The van der Waals surface area contributed by atoms with Gasteiger partial charge in [0, 0.05) is 20.1 Å². The topological polar surface area (TPSA) is 53.1 Å². The van der Waals surface area contributed by atoms with Crippen LogP contribution in [0.5, 0.6) is 0 Å². The molecular formula is C13H22FN5. The Morgan fingerprint density at radius 3 is 2.84 bits per heavy atom. The summed E-state index contributed by atoms with van der Waals surface area (Å²) in [4.78, 5) is 10.4. The fourth-order valence-corrected chi connectivity index (χ4v) is 2.35. The van der Waals surface area contributed by atoms with Crippen molar-refractivity contribution in [3.8, 4) is 0 Å². The van der Waals surface area contributed by atoms with Crippen LogP contribution in [-0.4, -0.2) is 48.1 Å². The number of likely N-dealkylation sites (tertiary alicyclic amines) is 1. The molecule has 2 rings (SSSR count). The van der Waals surface area contributed by atoms with Crippen LogP contribution in [0.15, 0.2) is 6.20 Å². The van der Waals surface area contributed by atoms with Gasteiger partial charge in [-0.2, -0.15) is 4.98 Å². The molecule has 2 heterocycles. The Balaban J connectivity index is 1.83. The fraction of sp³-hybridized carbons (Fsp3) is 0.692. The van der Waals surface area contributed by atoms with Crippen molar-refractivity contribution in [3.05, 3.63) is 12.0 Å². The molecule has 0 bridgehead atoms. The first kappa shape index (κ1) is 14.0. The Bertz CT molecular complexity index is 406. The van der Waals surface area contributed by atoms with Crippen molar-refractivity contribution in [2.75, 3.05) is 43.9 Å².